The molecule has 1 aromatic heterocycles. The molecule has 0 atom stereocenters. The molecule has 0 N–H and O–H groups in total. The Morgan fingerprint density at radius 2 is 1.56 bits per heavy atom. The first kappa shape index (κ1) is 21.4. The number of pyridine rings is 1. The predicted octanol–water partition coefficient (Wildman–Crippen LogP) is 5.75. The number of aromatic nitrogens is 1. The largest absolute Gasteiger partial charge is 0.212 e. The van der Waals surface area contributed by atoms with Crippen LogP contribution in [0.3, 0.4) is 0 Å². The lowest BCUT2D eigenvalue weighted by Gasteiger charge is -2.37. The van der Waals surface area contributed by atoms with Gasteiger partial charge < -0.3 is 0 Å². The van der Waals surface area contributed by atoms with Crippen molar-refractivity contribution in [3.05, 3.63) is 52.7 Å². The molecule has 3 heteroatoms. The van der Waals surface area contributed by atoms with E-state index in [0.717, 1.165) is 5.56 Å². The van der Waals surface area contributed by atoms with Crippen molar-refractivity contribution in [1.29, 1.82) is 5.26 Å². The van der Waals surface area contributed by atoms with E-state index in [4.69, 9.17) is 0 Å². The summed E-state index contributed by atoms with van der Waals surface area (Å²) in [6.45, 7) is 20.4. The molecule has 0 saturated heterocycles. The van der Waals surface area contributed by atoms with Gasteiger partial charge in [0.05, 0.1) is 19.6 Å². The van der Waals surface area contributed by atoms with Crippen LogP contribution in [0.15, 0.2) is 30.5 Å². The second-order valence-electron chi connectivity index (χ2n) is 10.0. The number of nitriles is 1. The molecule has 0 unspecified atom stereocenters. The molecule has 144 valence electrons. The highest BCUT2D eigenvalue weighted by molar-refractivity contribution is 6.78. The fourth-order valence-electron chi connectivity index (χ4n) is 3.48. The fraction of sp³-hybridized carbons (Fsp3) is 0.500. The third-order valence-electron chi connectivity index (χ3n) is 6.53. The molecule has 0 spiro atoms. The maximum Gasteiger partial charge on any atom is 0.212 e. The van der Waals surface area contributed by atoms with E-state index in [-0.39, 0.29) is 5.04 Å². The Bertz CT molecular complexity index is 909. The highest BCUT2D eigenvalue weighted by Gasteiger charge is 2.39. The van der Waals surface area contributed by atoms with E-state index >= 15 is 0 Å². The normalized spacial score (nSPS) is 12.8. The van der Waals surface area contributed by atoms with Crippen molar-refractivity contribution in [2.75, 3.05) is 0 Å². The Hall–Kier alpha value is -1.92. The highest BCUT2D eigenvalue weighted by Crippen LogP contribution is 2.36. The quantitative estimate of drug-likeness (QED) is 0.491. The third kappa shape index (κ3) is 3.87. The molecule has 1 aromatic carbocycles. The van der Waals surface area contributed by atoms with Crippen molar-refractivity contribution in [1.82, 2.24) is 0 Å². The number of rotatable bonds is 4. The summed E-state index contributed by atoms with van der Waals surface area (Å²) in [5, 5.41) is 9.64. The van der Waals surface area contributed by atoms with Crippen molar-refractivity contribution in [2.45, 2.75) is 71.6 Å². The number of aryl methyl sites for hydroxylation is 3. The van der Waals surface area contributed by atoms with Gasteiger partial charge in [0.15, 0.2) is 6.20 Å². The van der Waals surface area contributed by atoms with E-state index in [2.05, 4.69) is 95.5 Å². The molecule has 2 rings (SSSR count). The zero-order valence-electron chi connectivity index (χ0n) is 18.8. The summed E-state index contributed by atoms with van der Waals surface area (Å²) in [6, 6.07) is 11.2. The zero-order chi connectivity index (χ0) is 20.8. The van der Waals surface area contributed by atoms with Crippen LogP contribution in [0.2, 0.25) is 19.6 Å². The number of benzene rings is 1. The van der Waals surface area contributed by atoms with Crippen LogP contribution in [0.1, 0.15) is 49.9 Å². The first-order valence-electron chi connectivity index (χ1n) is 9.76. The molecule has 27 heavy (non-hydrogen) atoms. The Morgan fingerprint density at radius 1 is 0.963 bits per heavy atom. The van der Waals surface area contributed by atoms with Gasteiger partial charge >= 0.3 is 0 Å². The Kier molecular flexibility index (Phi) is 5.47. The minimum absolute atomic E-state index is 0.211. The Morgan fingerprint density at radius 3 is 2.04 bits per heavy atom. The molecule has 2 nitrogen and oxygen atoms in total. The molecule has 0 amide bonds. The summed E-state index contributed by atoms with van der Waals surface area (Å²) in [6.07, 6.45) is 2.33. The number of hydrogen-bond donors (Lipinski definition) is 0. The zero-order valence-corrected chi connectivity index (χ0v) is 19.8. The average Bonchev–Trinajstić information content (AvgIpc) is 2.55. The van der Waals surface area contributed by atoms with Gasteiger partial charge in [-0.1, -0.05) is 45.6 Å². The van der Waals surface area contributed by atoms with E-state index in [0.29, 0.717) is 0 Å². The van der Waals surface area contributed by atoms with Crippen LogP contribution in [0, 0.1) is 25.2 Å². The van der Waals surface area contributed by atoms with E-state index in [1.807, 2.05) is 13.8 Å². The second kappa shape index (κ2) is 6.91. The van der Waals surface area contributed by atoms with Crippen LogP contribution in [0.25, 0.3) is 11.3 Å². The van der Waals surface area contributed by atoms with Crippen LogP contribution in [0.4, 0.5) is 0 Å². The van der Waals surface area contributed by atoms with E-state index in [1.165, 1.54) is 27.9 Å². The van der Waals surface area contributed by atoms with Gasteiger partial charge in [0, 0.05) is 17.2 Å². The van der Waals surface area contributed by atoms with Gasteiger partial charge in [-0.15, -0.1) is 0 Å². The van der Waals surface area contributed by atoms with Gasteiger partial charge in [-0.05, 0) is 55.5 Å². The SMILES string of the molecule is Cc1cc(C(C)(C)C#N)ccc1-c1cc(C)c(C(C)(C)[Si](C)(C)C)c[n+]1C. The number of hydrogen-bond acceptors (Lipinski definition) is 1. The fourth-order valence-corrected chi connectivity index (χ4v) is 4.55. The smallest absolute Gasteiger partial charge is 0.201 e. The minimum Gasteiger partial charge on any atom is -0.201 e. The van der Waals surface area contributed by atoms with Crippen LogP contribution in [0.5, 0.6) is 0 Å². The summed E-state index contributed by atoms with van der Waals surface area (Å²) in [4.78, 5) is 0. The Labute approximate surface area is 166 Å². The summed E-state index contributed by atoms with van der Waals surface area (Å²) >= 11 is 0. The second-order valence-corrected chi connectivity index (χ2v) is 15.8. The van der Waals surface area contributed by atoms with E-state index < -0.39 is 13.5 Å². The van der Waals surface area contributed by atoms with E-state index in [9.17, 15) is 5.26 Å². The standard InChI is InChI=1S/C24H35N2Si/c1-17-13-19(23(3,4)16-25)11-12-20(17)22-14-18(2)21(15-26(22)7)24(5,6)27(8,9)10/h11-15H,1-10H3/q+1. The van der Waals surface area contributed by atoms with Crippen molar-refractivity contribution < 1.29 is 4.57 Å². The van der Waals surface area contributed by atoms with Crippen molar-refractivity contribution in [3.63, 3.8) is 0 Å². The Balaban J connectivity index is 2.60. The van der Waals surface area contributed by atoms with Gasteiger partial charge in [0.2, 0.25) is 5.69 Å². The van der Waals surface area contributed by atoms with Crippen molar-refractivity contribution >= 4 is 8.07 Å². The van der Waals surface area contributed by atoms with Crippen LogP contribution >= 0.6 is 0 Å². The summed E-state index contributed by atoms with van der Waals surface area (Å²) in [5.74, 6) is 0. The topological polar surface area (TPSA) is 27.7 Å². The van der Waals surface area contributed by atoms with Crippen LogP contribution < -0.4 is 4.57 Å². The lowest BCUT2D eigenvalue weighted by molar-refractivity contribution is -0.661. The van der Waals surface area contributed by atoms with Gasteiger partial charge in [0.25, 0.3) is 0 Å². The molecule has 0 bridgehead atoms. The molecule has 0 aliphatic heterocycles. The monoisotopic (exact) mass is 379 g/mol. The number of nitrogens with zero attached hydrogens (tertiary/aromatic N) is 2. The molecule has 0 saturated carbocycles. The summed E-state index contributed by atoms with van der Waals surface area (Å²) in [5.41, 5.74) is 7.08. The van der Waals surface area contributed by atoms with Gasteiger partial charge in [0.1, 0.15) is 7.05 Å². The molecule has 1 heterocycles. The van der Waals surface area contributed by atoms with Gasteiger partial charge in [-0.2, -0.15) is 5.26 Å². The van der Waals surface area contributed by atoms with Crippen molar-refractivity contribution in [3.8, 4) is 17.3 Å². The predicted molar refractivity (Wildman–Crippen MR) is 118 cm³/mol. The average molecular weight is 380 g/mol. The van der Waals surface area contributed by atoms with Gasteiger partial charge in [-0.3, -0.25) is 0 Å². The van der Waals surface area contributed by atoms with Gasteiger partial charge in [-0.25, -0.2) is 4.57 Å². The van der Waals surface area contributed by atoms with Crippen molar-refractivity contribution in [2.24, 2.45) is 7.05 Å². The lowest BCUT2D eigenvalue weighted by Crippen LogP contribution is -2.47. The molecule has 2 aromatic rings. The van der Waals surface area contributed by atoms with Crippen LogP contribution in [-0.2, 0) is 17.5 Å². The molecule has 0 aliphatic carbocycles. The third-order valence-corrected chi connectivity index (χ3v) is 10.6. The van der Waals surface area contributed by atoms with E-state index in [1.54, 1.807) is 0 Å². The maximum absolute atomic E-state index is 9.43. The lowest BCUT2D eigenvalue weighted by atomic mass is 9.84. The molecule has 0 radical (unpaired) electrons. The molecule has 0 fully saturated rings. The van der Waals surface area contributed by atoms with Crippen LogP contribution in [-0.4, -0.2) is 8.07 Å². The first-order chi connectivity index (χ1) is 12.2. The molecular weight excluding hydrogens is 344 g/mol. The minimum atomic E-state index is -1.36. The summed E-state index contributed by atoms with van der Waals surface area (Å²) in [7, 11) is 0.780. The maximum atomic E-state index is 9.43. The first-order valence-corrected chi connectivity index (χ1v) is 13.3. The highest BCUT2D eigenvalue weighted by atomic mass is 28.3. The summed E-state index contributed by atoms with van der Waals surface area (Å²) < 4.78 is 2.27. The molecule has 0 aliphatic rings. The molecular formula is C24H35N2Si+.